The molecule has 1 fully saturated rings. The van der Waals surface area contributed by atoms with Crippen molar-refractivity contribution in [3.05, 3.63) is 11.6 Å². The summed E-state index contributed by atoms with van der Waals surface area (Å²) in [6.07, 6.45) is 6.53. The molecule has 0 aromatic rings. The number of nitrogens with one attached hydrogen (secondary N) is 1. The van der Waals surface area contributed by atoms with Gasteiger partial charge in [0.2, 0.25) is 11.8 Å². The molecule has 2 atom stereocenters. The summed E-state index contributed by atoms with van der Waals surface area (Å²) in [6, 6.07) is -0.993. The van der Waals surface area contributed by atoms with Crippen molar-refractivity contribution in [2.75, 3.05) is 27.7 Å². The first kappa shape index (κ1) is 29.1. The third-order valence-corrected chi connectivity index (χ3v) is 6.84. The Bertz CT molecular complexity index is 716. The van der Waals surface area contributed by atoms with Gasteiger partial charge in [-0.25, -0.2) is 4.79 Å². The van der Waals surface area contributed by atoms with Crippen molar-refractivity contribution in [2.24, 2.45) is 11.3 Å². The van der Waals surface area contributed by atoms with Crippen molar-refractivity contribution in [3.8, 4) is 0 Å². The van der Waals surface area contributed by atoms with Gasteiger partial charge in [0, 0.05) is 12.6 Å². The molecule has 1 saturated carbocycles. The molecule has 1 rings (SSSR count). The molecule has 0 saturated heterocycles. The Hall–Kier alpha value is -1.89. The van der Waals surface area contributed by atoms with Crippen LogP contribution in [0, 0.1) is 11.3 Å². The van der Waals surface area contributed by atoms with E-state index in [4.69, 9.17) is 4.74 Å². The third-order valence-electron chi connectivity index (χ3n) is 6.84. The summed E-state index contributed by atoms with van der Waals surface area (Å²) in [4.78, 5) is 43.2. The Morgan fingerprint density at radius 3 is 2.03 bits per heavy atom. The van der Waals surface area contributed by atoms with Crippen molar-refractivity contribution in [3.63, 3.8) is 0 Å². The number of rotatable bonds is 9. The molecule has 0 aromatic heterocycles. The number of nitrogens with zero attached hydrogens (tertiary/aromatic N) is 2. The second-order valence-electron chi connectivity index (χ2n) is 11.0. The minimum absolute atomic E-state index is 0.0751. The van der Waals surface area contributed by atoms with E-state index >= 15 is 0 Å². The molecule has 1 N–H and O–H groups in total. The number of likely N-dealkylation sites (N-methyl/N-ethyl adjacent to an activating group) is 2. The maximum atomic E-state index is 13.8. The molecule has 1 aliphatic rings. The van der Waals surface area contributed by atoms with Crippen molar-refractivity contribution < 1.29 is 19.1 Å². The molecule has 7 heteroatoms. The Labute approximate surface area is 201 Å². The summed E-state index contributed by atoms with van der Waals surface area (Å²) in [5.74, 6) is -0.540. The van der Waals surface area contributed by atoms with Gasteiger partial charge in [-0.15, -0.1) is 0 Å². The third kappa shape index (κ3) is 7.29. The molecule has 0 heterocycles. The minimum Gasteiger partial charge on any atom is -0.463 e. The molecule has 0 aliphatic heterocycles. The fraction of sp³-hybridized carbons (Fsp3) is 0.808. The highest BCUT2D eigenvalue weighted by Gasteiger charge is 2.45. The van der Waals surface area contributed by atoms with Crippen LogP contribution in [0.1, 0.15) is 80.6 Å². The van der Waals surface area contributed by atoms with E-state index in [2.05, 4.69) is 5.32 Å². The first-order valence-electron chi connectivity index (χ1n) is 12.3. The van der Waals surface area contributed by atoms with E-state index in [1.165, 1.54) is 0 Å². The van der Waals surface area contributed by atoms with Crippen LogP contribution in [0.5, 0.6) is 0 Å². The van der Waals surface area contributed by atoms with Gasteiger partial charge in [0.25, 0.3) is 0 Å². The van der Waals surface area contributed by atoms with Crippen LogP contribution in [0.15, 0.2) is 11.6 Å². The standard InChI is InChI=1S/C26H47N3O4/c1-11-33-23(31)19(4)17-20(18(2)3)29(10)22(30)21(25(5,6)7)27-24(32)26(28(8)9)15-13-12-14-16-26/h17-18,20-21H,11-16H2,1-10H3,(H,27,32)/b19-17+. The average Bonchev–Trinajstić information content (AvgIpc) is 2.73. The van der Waals surface area contributed by atoms with Crippen molar-refractivity contribution in [2.45, 2.75) is 98.2 Å². The quantitative estimate of drug-likeness (QED) is 0.414. The van der Waals surface area contributed by atoms with E-state index in [1.54, 1.807) is 31.9 Å². The highest BCUT2D eigenvalue weighted by molar-refractivity contribution is 5.93. The summed E-state index contributed by atoms with van der Waals surface area (Å²) < 4.78 is 5.11. The first-order chi connectivity index (χ1) is 15.2. The maximum absolute atomic E-state index is 13.8. The zero-order valence-electron chi connectivity index (χ0n) is 22.6. The normalized spacial score (nSPS) is 18.6. The van der Waals surface area contributed by atoms with Gasteiger partial charge in [0.1, 0.15) is 6.04 Å². The van der Waals surface area contributed by atoms with E-state index in [9.17, 15) is 14.4 Å². The van der Waals surface area contributed by atoms with Gasteiger partial charge in [-0.3, -0.25) is 14.5 Å². The molecular weight excluding hydrogens is 418 g/mol. The van der Waals surface area contributed by atoms with Gasteiger partial charge in [-0.1, -0.05) is 60.0 Å². The van der Waals surface area contributed by atoms with Crippen LogP contribution < -0.4 is 5.32 Å². The SMILES string of the molecule is CCOC(=O)/C(C)=C/C(C(C)C)N(C)C(=O)C(NC(=O)C1(N(C)C)CCCCC1)C(C)(C)C. The lowest BCUT2D eigenvalue weighted by Crippen LogP contribution is -2.63. The molecule has 0 bridgehead atoms. The fourth-order valence-corrected chi connectivity index (χ4v) is 4.60. The molecule has 0 spiro atoms. The van der Waals surface area contributed by atoms with Crippen LogP contribution in [-0.4, -0.2) is 73.0 Å². The smallest absolute Gasteiger partial charge is 0.333 e. The van der Waals surface area contributed by atoms with Crippen LogP contribution in [-0.2, 0) is 19.1 Å². The summed E-state index contributed by atoms with van der Waals surface area (Å²) in [5.41, 5.74) is -0.594. The largest absolute Gasteiger partial charge is 0.463 e. The molecule has 2 unspecified atom stereocenters. The molecule has 2 amide bonds. The summed E-state index contributed by atoms with van der Waals surface area (Å²) in [6.45, 7) is 13.7. The van der Waals surface area contributed by atoms with E-state index in [0.717, 1.165) is 32.1 Å². The zero-order valence-corrected chi connectivity index (χ0v) is 22.6. The molecule has 190 valence electrons. The molecule has 1 aliphatic carbocycles. The summed E-state index contributed by atoms with van der Waals surface area (Å²) in [5, 5.41) is 3.14. The minimum atomic E-state index is -0.689. The lowest BCUT2D eigenvalue weighted by molar-refractivity contribution is -0.144. The van der Waals surface area contributed by atoms with Gasteiger partial charge in [-0.2, -0.15) is 0 Å². The predicted octanol–water partition coefficient (Wildman–Crippen LogP) is 3.77. The van der Waals surface area contributed by atoms with Crippen LogP contribution in [0.25, 0.3) is 0 Å². The number of hydrogen-bond acceptors (Lipinski definition) is 5. The Morgan fingerprint density at radius 1 is 1.06 bits per heavy atom. The number of carbonyl (C=O) groups excluding carboxylic acids is 3. The fourth-order valence-electron chi connectivity index (χ4n) is 4.60. The van der Waals surface area contributed by atoms with Gasteiger partial charge in [0.05, 0.1) is 18.2 Å². The number of ether oxygens (including phenoxy) is 1. The van der Waals surface area contributed by atoms with E-state index in [0.29, 0.717) is 12.2 Å². The Balaban J connectivity index is 3.23. The predicted molar refractivity (Wildman–Crippen MR) is 133 cm³/mol. The monoisotopic (exact) mass is 465 g/mol. The lowest BCUT2D eigenvalue weighted by Gasteiger charge is -2.44. The molecule has 0 aromatic carbocycles. The van der Waals surface area contributed by atoms with Crippen molar-refractivity contribution in [1.82, 2.24) is 15.1 Å². The van der Waals surface area contributed by atoms with E-state index in [1.807, 2.05) is 53.6 Å². The second-order valence-corrected chi connectivity index (χ2v) is 11.0. The van der Waals surface area contributed by atoms with Crippen molar-refractivity contribution >= 4 is 17.8 Å². The van der Waals surface area contributed by atoms with Crippen LogP contribution in [0.4, 0.5) is 0 Å². The summed E-state index contributed by atoms with van der Waals surface area (Å²) in [7, 11) is 5.64. The molecule has 33 heavy (non-hydrogen) atoms. The molecule has 0 radical (unpaired) electrons. The maximum Gasteiger partial charge on any atom is 0.333 e. The van der Waals surface area contributed by atoms with Crippen LogP contribution in [0.3, 0.4) is 0 Å². The van der Waals surface area contributed by atoms with Crippen LogP contribution >= 0.6 is 0 Å². The number of esters is 1. The number of amides is 2. The van der Waals surface area contributed by atoms with Gasteiger partial charge in [-0.05, 0) is 52.1 Å². The number of carbonyl (C=O) groups is 3. The van der Waals surface area contributed by atoms with Crippen LogP contribution in [0.2, 0.25) is 0 Å². The first-order valence-corrected chi connectivity index (χ1v) is 12.3. The van der Waals surface area contributed by atoms with Crippen molar-refractivity contribution in [1.29, 1.82) is 0 Å². The second kappa shape index (κ2) is 12.0. The summed E-state index contributed by atoms with van der Waals surface area (Å²) >= 11 is 0. The lowest BCUT2D eigenvalue weighted by atomic mass is 9.78. The van der Waals surface area contributed by atoms with Gasteiger partial charge < -0.3 is 15.0 Å². The topological polar surface area (TPSA) is 79.0 Å². The van der Waals surface area contributed by atoms with E-state index in [-0.39, 0.29) is 29.7 Å². The number of hydrogen-bond donors (Lipinski definition) is 1. The highest BCUT2D eigenvalue weighted by Crippen LogP contribution is 2.33. The van der Waals surface area contributed by atoms with E-state index < -0.39 is 17.0 Å². The highest BCUT2D eigenvalue weighted by atomic mass is 16.5. The average molecular weight is 466 g/mol. The zero-order chi connectivity index (χ0) is 25.6. The molecule has 7 nitrogen and oxygen atoms in total. The van der Waals surface area contributed by atoms with Gasteiger partial charge in [0.15, 0.2) is 0 Å². The Kier molecular flexibility index (Phi) is 10.6. The van der Waals surface area contributed by atoms with Gasteiger partial charge >= 0.3 is 5.97 Å². The molecular formula is C26H47N3O4. The Morgan fingerprint density at radius 2 is 1.61 bits per heavy atom.